The number of primary amides is 1. The van der Waals surface area contributed by atoms with Gasteiger partial charge in [0, 0.05) is 6.54 Å². The maximum atomic E-state index is 10.8. The van der Waals surface area contributed by atoms with Crippen LogP contribution in [0.4, 0.5) is 10.5 Å². The molecule has 3 N–H and O–H groups in total. The molecular formula is C15H24ClN3O. The Morgan fingerprint density at radius 2 is 1.90 bits per heavy atom. The quantitative estimate of drug-likeness (QED) is 0.771. The molecule has 0 saturated heterocycles. The van der Waals surface area contributed by atoms with Gasteiger partial charge in [0.2, 0.25) is 0 Å². The van der Waals surface area contributed by atoms with E-state index in [1.807, 2.05) is 12.1 Å². The molecule has 0 unspecified atom stereocenters. The molecule has 0 atom stereocenters. The Hall–Kier alpha value is -1.26. The van der Waals surface area contributed by atoms with Crippen molar-refractivity contribution in [2.24, 2.45) is 5.73 Å². The topological polar surface area (TPSA) is 58.4 Å². The molecule has 1 aromatic carbocycles. The van der Waals surface area contributed by atoms with Gasteiger partial charge in [-0.15, -0.1) is 0 Å². The molecule has 20 heavy (non-hydrogen) atoms. The van der Waals surface area contributed by atoms with Gasteiger partial charge in [-0.2, -0.15) is 0 Å². The maximum Gasteiger partial charge on any atom is 0.316 e. The minimum absolute atomic E-state index is 0.527. The highest BCUT2D eigenvalue weighted by Crippen LogP contribution is 2.23. The van der Waals surface area contributed by atoms with Gasteiger partial charge in [0.1, 0.15) is 0 Å². The number of hydrogen-bond acceptors (Lipinski definition) is 2. The fourth-order valence-corrected chi connectivity index (χ4v) is 2.45. The molecule has 0 radical (unpaired) electrons. The first-order valence-corrected chi connectivity index (χ1v) is 7.51. The average molecular weight is 298 g/mol. The second-order valence-electron chi connectivity index (χ2n) is 4.90. The minimum atomic E-state index is -0.600. The van der Waals surface area contributed by atoms with E-state index in [-0.39, 0.29) is 0 Å². The van der Waals surface area contributed by atoms with Gasteiger partial charge in [-0.3, -0.25) is 0 Å². The summed E-state index contributed by atoms with van der Waals surface area (Å²) in [6, 6.07) is 5.07. The number of nitrogens with two attached hydrogens (primary N) is 1. The summed E-state index contributed by atoms with van der Waals surface area (Å²) in [4.78, 5) is 13.3. The molecule has 0 aliphatic heterocycles. The zero-order valence-electron chi connectivity index (χ0n) is 12.3. The normalized spacial score (nSPS) is 10.8. The minimum Gasteiger partial charge on any atom is -0.351 e. The lowest BCUT2D eigenvalue weighted by atomic mass is 10.1. The van der Waals surface area contributed by atoms with Gasteiger partial charge >= 0.3 is 6.03 Å². The summed E-state index contributed by atoms with van der Waals surface area (Å²) in [7, 11) is 0. The Labute approximate surface area is 126 Å². The van der Waals surface area contributed by atoms with Crippen molar-refractivity contribution < 1.29 is 4.79 Å². The Kier molecular flexibility index (Phi) is 7.41. The molecule has 0 fully saturated rings. The van der Waals surface area contributed by atoms with Crippen molar-refractivity contribution in [3.8, 4) is 0 Å². The molecule has 0 aliphatic rings. The van der Waals surface area contributed by atoms with E-state index in [9.17, 15) is 4.79 Å². The Balaban J connectivity index is 2.59. The van der Waals surface area contributed by atoms with Crippen LogP contribution in [0.1, 0.15) is 32.3 Å². The van der Waals surface area contributed by atoms with Crippen molar-refractivity contribution in [3.63, 3.8) is 0 Å². The van der Waals surface area contributed by atoms with Crippen LogP contribution in [-0.2, 0) is 6.42 Å². The molecule has 112 valence electrons. The van der Waals surface area contributed by atoms with Crippen LogP contribution < -0.4 is 11.1 Å². The third kappa shape index (κ3) is 5.80. The third-order valence-electron chi connectivity index (χ3n) is 3.09. The number of amides is 2. The summed E-state index contributed by atoms with van der Waals surface area (Å²) in [5.74, 6) is 0. The first-order chi connectivity index (χ1) is 9.56. The molecule has 0 spiro atoms. The van der Waals surface area contributed by atoms with Crippen molar-refractivity contribution in [1.29, 1.82) is 0 Å². The first kappa shape index (κ1) is 16.8. The van der Waals surface area contributed by atoms with Gasteiger partial charge in [-0.25, -0.2) is 4.79 Å². The molecule has 5 heteroatoms. The summed E-state index contributed by atoms with van der Waals surface area (Å²) < 4.78 is 0. The van der Waals surface area contributed by atoms with Crippen LogP contribution in [0.3, 0.4) is 0 Å². The van der Waals surface area contributed by atoms with Crippen LogP contribution in [0.15, 0.2) is 18.2 Å². The van der Waals surface area contributed by atoms with Gasteiger partial charge in [0.05, 0.1) is 10.7 Å². The summed E-state index contributed by atoms with van der Waals surface area (Å²) in [6.45, 7) is 7.68. The standard InChI is InChI=1S/C15H24ClN3O/c1-3-8-19(9-4-2)10-7-12-5-6-14(13(16)11-12)18-15(17)20/h5-6,11H,3-4,7-10H2,1-2H3,(H3,17,18,20). The molecule has 0 heterocycles. The summed E-state index contributed by atoms with van der Waals surface area (Å²) in [6.07, 6.45) is 3.29. The van der Waals surface area contributed by atoms with E-state index in [0.29, 0.717) is 10.7 Å². The van der Waals surface area contributed by atoms with Crippen LogP contribution in [0.25, 0.3) is 0 Å². The lowest BCUT2D eigenvalue weighted by Crippen LogP contribution is -2.27. The number of carbonyl (C=O) groups is 1. The fourth-order valence-electron chi connectivity index (χ4n) is 2.20. The van der Waals surface area contributed by atoms with Crippen LogP contribution in [0, 0.1) is 0 Å². The van der Waals surface area contributed by atoms with Crippen LogP contribution in [0.5, 0.6) is 0 Å². The fraction of sp³-hybridized carbons (Fsp3) is 0.533. The summed E-state index contributed by atoms with van der Waals surface area (Å²) in [5, 5.41) is 3.03. The molecule has 2 amide bonds. The Morgan fingerprint density at radius 1 is 1.25 bits per heavy atom. The van der Waals surface area contributed by atoms with E-state index >= 15 is 0 Å². The van der Waals surface area contributed by atoms with Crippen LogP contribution in [-0.4, -0.2) is 30.6 Å². The second-order valence-corrected chi connectivity index (χ2v) is 5.30. The lowest BCUT2D eigenvalue weighted by Gasteiger charge is -2.21. The molecule has 1 rings (SSSR count). The molecule has 0 saturated carbocycles. The zero-order valence-corrected chi connectivity index (χ0v) is 13.0. The van der Waals surface area contributed by atoms with E-state index in [1.54, 1.807) is 6.07 Å². The van der Waals surface area contributed by atoms with Gasteiger partial charge in [-0.1, -0.05) is 31.5 Å². The zero-order chi connectivity index (χ0) is 15.0. The number of hydrogen-bond donors (Lipinski definition) is 2. The summed E-state index contributed by atoms with van der Waals surface area (Å²) in [5.41, 5.74) is 6.81. The van der Waals surface area contributed by atoms with Crippen molar-refractivity contribution in [1.82, 2.24) is 4.90 Å². The predicted molar refractivity (Wildman–Crippen MR) is 85.4 cm³/mol. The Morgan fingerprint density at radius 3 is 2.40 bits per heavy atom. The summed E-state index contributed by atoms with van der Waals surface area (Å²) >= 11 is 6.13. The lowest BCUT2D eigenvalue weighted by molar-refractivity contribution is 0.259. The van der Waals surface area contributed by atoms with E-state index in [4.69, 9.17) is 17.3 Å². The molecule has 0 aliphatic carbocycles. The predicted octanol–water partition coefficient (Wildman–Crippen LogP) is 3.50. The number of carbonyl (C=O) groups excluding carboxylic acids is 1. The number of anilines is 1. The molecule has 4 nitrogen and oxygen atoms in total. The highest BCUT2D eigenvalue weighted by atomic mass is 35.5. The Bertz CT molecular complexity index is 431. The van der Waals surface area contributed by atoms with E-state index < -0.39 is 6.03 Å². The van der Waals surface area contributed by atoms with E-state index in [2.05, 4.69) is 24.1 Å². The van der Waals surface area contributed by atoms with Gasteiger partial charge < -0.3 is 16.0 Å². The molecule has 1 aromatic rings. The monoisotopic (exact) mass is 297 g/mol. The third-order valence-corrected chi connectivity index (χ3v) is 3.40. The maximum absolute atomic E-state index is 10.8. The van der Waals surface area contributed by atoms with Gasteiger partial charge in [0.15, 0.2) is 0 Å². The smallest absolute Gasteiger partial charge is 0.316 e. The van der Waals surface area contributed by atoms with Crippen molar-refractivity contribution in [2.75, 3.05) is 25.0 Å². The number of benzene rings is 1. The largest absolute Gasteiger partial charge is 0.351 e. The van der Waals surface area contributed by atoms with Gasteiger partial charge in [0.25, 0.3) is 0 Å². The van der Waals surface area contributed by atoms with Crippen molar-refractivity contribution in [3.05, 3.63) is 28.8 Å². The van der Waals surface area contributed by atoms with Gasteiger partial charge in [-0.05, 0) is 50.0 Å². The second kappa shape index (κ2) is 8.82. The highest BCUT2D eigenvalue weighted by molar-refractivity contribution is 6.33. The highest BCUT2D eigenvalue weighted by Gasteiger charge is 2.06. The first-order valence-electron chi connectivity index (χ1n) is 7.14. The molecule has 0 aromatic heterocycles. The van der Waals surface area contributed by atoms with E-state index in [1.165, 1.54) is 18.4 Å². The van der Waals surface area contributed by atoms with Crippen LogP contribution >= 0.6 is 11.6 Å². The number of rotatable bonds is 8. The molecule has 0 bridgehead atoms. The van der Waals surface area contributed by atoms with E-state index in [0.717, 1.165) is 26.1 Å². The van der Waals surface area contributed by atoms with Crippen molar-refractivity contribution >= 4 is 23.3 Å². The number of nitrogens with zero attached hydrogens (tertiary/aromatic N) is 1. The van der Waals surface area contributed by atoms with Crippen LogP contribution in [0.2, 0.25) is 5.02 Å². The number of nitrogens with one attached hydrogen (secondary N) is 1. The van der Waals surface area contributed by atoms with Crippen molar-refractivity contribution in [2.45, 2.75) is 33.1 Å². The number of urea groups is 1. The SMILES string of the molecule is CCCN(CCC)CCc1ccc(NC(N)=O)c(Cl)c1. The average Bonchev–Trinajstić information content (AvgIpc) is 2.39. The molecular weight excluding hydrogens is 274 g/mol. The number of halogens is 1.